The summed E-state index contributed by atoms with van der Waals surface area (Å²) in [6, 6.07) is 4.68. The van der Waals surface area contributed by atoms with E-state index in [2.05, 4.69) is 10.3 Å². The molecule has 2 N–H and O–H groups in total. The van der Waals surface area contributed by atoms with Gasteiger partial charge in [0.15, 0.2) is 5.82 Å². The lowest BCUT2D eigenvalue weighted by molar-refractivity contribution is 0.623. The second-order valence-electron chi connectivity index (χ2n) is 3.46. The summed E-state index contributed by atoms with van der Waals surface area (Å²) in [6.07, 6.45) is 0. The zero-order chi connectivity index (χ0) is 11.0. The number of aromatic nitrogens is 3. The molecule has 1 aromatic heterocycles. The van der Waals surface area contributed by atoms with Crippen LogP contribution in [0.25, 0.3) is 5.69 Å². The van der Waals surface area contributed by atoms with Crippen molar-refractivity contribution in [2.24, 2.45) is 0 Å². The van der Waals surface area contributed by atoms with Gasteiger partial charge in [0, 0.05) is 0 Å². The van der Waals surface area contributed by atoms with Crippen molar-refractivity contribution >= 4 is 5.82 Å². The second-order valence-corrected chi connectivity index (χ2v) is 3.46. The number of hydrogen-bond acceptors (Lipinski definition) is 3. The van der Waals surface area contributed by atoms with E-state index < -0.39 is 0 Å². The summed E-state index contributed by atoms with van der Waals surface area (Å²) >= 11 is 0. The van der Waals surface area contributed by atoms with Crippen molar-refractivity contribution < 1.29 is 4.39 Å². The number of nitrogens with two attached hydrogens (primary N) is 1. The molecule has 0 amide bonds. The quantitative estimate of drug-likeness (QED) is 0.771. The van der Waals surface area contributed by atoms with E-state index in [1.807, 2.05) is 13.0 Å². The Hall–Kier alpha value is -1.91. The molecule has 2 aromatic rings. The van der Waals surface area contributed by atoms with Crippen LogP contribution < -0.4 is 5.73 Å². The molecule has 4 nitrogen and oxygen atoms in total. The van der Waals surface area contributed by atoms with Gasteiger partial charge in [0.1, 0.15) is 5.82 Å². The molecular formula is C10H11FN4. The van der Waals surface area contributed by atoms with Crippen LogP contribution in [0.5, 0.6) is 0 Å². The molecule has 0 saturated heterocycles. The predicted octanol–water partition coefficient (Wildman–Crippen LogP) is 1.61. The monoisotopic (exact) mass is 206 g/mol. The van der Waals surface area contributed by atoms with Crippen LogP contribution >= 0.6 is 0 Å². The van der Waals surface area contributed by atoms with Crippen LogP contribution in [0.15, 0.2) is 18.2 Å². The van der Waals surface area contributed by atoms with Crippen LogP contribution in [0.1, 0.15) is 11.3 Å². The van der Waals surface area contributed by atoms with Crippen molar-refractivity contribution in [3.05, 3.63) is 35.3 Å². The minimum absolute atomic E-state index is 0.293. The van der Waals surface area contributed by atoms with Crippen LogP contribution in [0.4, 0.5) is 10.2 Å². The third kappa shape index (κ3) is 1.68. The predicted molar refractivity (Wildman–Crippen MR) is 55.2 cm³/mol. The fourth-order valence-electron chi connectivity index (χ4n) is 1.43. The Balaban J connectivity index is 2.58. The zero-order valence-electron chi connectivity index (χ0n) is 8.53. The van der Waals surface area contributed by atoms with Crippen LogP contribution in [-0.4, -0.2) is 15.0 Å². The normalized spacial score (nSPS) is 10.6. The van der Waals surface area contributed by atoms with Crippen LogP contribution in [0.3, 0.4) is 0 Å². The molecule has 15 heavy (non-hydrogen) atoms. The molecule has 0 radical (unpaired) electrons. The lowest BCUT2D eigenvalue weighted by Gasteiger charge is -2.04. The van der Waals surface area contributed by atoms with Gasteiger partial charge in [-0.3, -0.25) is 0 Å². The van der Waals surface area contributed by atoms with Gasteiger partial charge in [-0.15, -0.1) is 5.10 Å². The number of halogens is 1. The molecule has 78 valence electrons. The smallest absolute Gasteiger partial charge is 0.169 e. The highest BCUT2D eigenvalue weighted by Gasteiger charge is 2.08. The molecule has 0 fully saturated rings. The Morgan fingerprint density at radius 3 is 2.53 bits per heavy atom. The first-order chi connectivity index (χ1) is 7.08. The number of aryl methyl sites for hydroxylation is 1. The topological polar surface area (TPSA) is 56.7 Å². The highest BCUT2D eigenvalue weighted by atomic mass is 19.1. The summed E-state index contributed by atoms with van der Waals surface area (Å²) in [5.41, 5.74) is 7.74. The minimum Gasteiger partial charge on any atom is -0.381 e. The number of nitrogen functional groups attached to an aromatic ring is 1. The van der Waals surface area contributed by atoms with Gasteiger partial charge in [0.05, 0.1) is 11.4 Å². The molecule has 2 rings (SSSR count). The van der Waals surface area contributed by atoms with Crippen molar-refractivity contribution in [3.63, 3.8) is 0 Å². The molecule has 5 heteroatoms. The Morgan fingerprint density at radius 2 is 2.00 bits per heavy atom. The van der Waals surface area contributed by atoms with Gasteiger partial charge < -0.3 is 5.73 Å². The number of hydrogen-bond donors (Lipinski definition) is 1. The van der Waals surface area contributed by atoms with Gasteiger partial charge in [0.2, 0.25) is 0 Å². The Bertz CT molecular complexity index is 484. The first-order valence-electron chi connectivity index (χ1n) is 4.53. The average Bonchev–Trinajstić information content (AvgIpc) is 2.46. The average molecular weight is 206 g/mol. The Kier molecular flexibility index (Phi) is 2.15. The zero-order valence-corrected chi connectivity index (χ0v) is 8.53. The van der Waals surface area contributed by atoms with E-state index in [9.17, 15) is 4.39 Å². The number of anilines is 1. The van der Waals surface area contributed by atoms with Gasteiger partial charge in [-0.1, -0.05) is 5.21 Å². The fraction of sp³-hybridized carbons (Fsp3) is 0.200. The third-order valence-electron chi connectivity index (χ3n) is 2.20. The first-order valence-corrected chi connectivity index (χ1v) is 4.53. The lowest BCUT2D eigenvalue weighted by atomic mass is 10.2. The summed E-state index contributed by atoms with van der Waals surface area (Å²) in [5, 5.41) is 7.56. The summed E-state index contributed by atoms with van der Waals surface area (Å²) in [6.45, 7) is 3.61. The Labute approximate surface area is 86.5 Å². The maximum Gasteiger partial charge on any atom is 0.169 e. The molecule has 0 atom stereocenters. The van der Waals surface area contributed by atoms with E-state index in [1.54, 1.807) is 6.92 Å². The molecule has 1 aromatic carbocycles. The van der Waals surface area contributed by atoms with Crippen molar-refractivity contribution in [1.29, 1.82) is 0 Å². The summed E-state index contributed by atoms with van der Waals surface area (Å²) in [4.78, 5) is 0. The highest BCUT2D eigenvalue weighted by Crippen LogP contribution is 2.16. The first kappa shape index (κ1) is 9.64. The molecule has 0 saturated carbocycles. The van der Waals surface area contributed by atoms with Crippen molar-refractivity contribution in [1.82, 2.24) is 15.0 Å². The van der Waals surface area contributed by atoms with Crippen LogP contribution in [0.2, 0.25) is 0 Å². The molecule has 0 aliphatic heterocycles. The fourth-order valence-corrected chi connectivity index (χ4v) is 1.43. The maximum atomic E-state index is 13.2. The molecule has 0 aliphatic rings. The van der Waals surface area contributed by atoms with E-state index in [1.165, 1.54) is 16.8 Å². The number of rotatable bonds is 1. The minimum atomic E-state index is -0.293. The summed E-state index contributed by atoms with van der Waals surface area (Å²) in [5.74, 6) is 0.0652. The van der Waals surface area contributed by atoms with Crippen molar-refractivity contribution in [2.75, 3.05) is 5.73 Å². The van der Waals surface area contributed by atoms with Gasteiger partial charge >= 0.3 is 0 Å². The van der Waals surface area contributed by atoms with Gasteiger partial charge in [-0.05, 0) is 37.6 Å². The molecule has 0 aliphatic carbocycles. The lowest BCUT2D eigenvalue weighted by Crippen LogP contribution is -2.00. The van der Waals surface area contributed by atoms with E-state index in [0.29, 0.717) is 17.2 Å². The SMILES string of the molecule is Cc1cc(F)cc(-n2nnc(N)c2C)c1. The van der Waals surface area contributed by atoms with E-state index in [-0.39, 0.29) is 5.82 Å². The van der Waals surface area contributed by atoms with E-state index in [0.717, 1.165) is 5.56 Å². The Morgan fingerprint density at radius 1 is 1.27 bits per heavy atom. The largest absolute Gasteiger partial charge is 0.381 e. The molecule has 0 bridgehead atoms. The molecular weight excluding hydrogens is 195 g/mol. The molecule has 0 spiro atoms. The molecule has 0 unspecified atom stereocenters. The summed E-state index contributed by atoms with van der Waals surface area (Å²) in [7, 11) is 0. The highest BCUT2D eigenvalue weighted by molar-refractivity contribution is 5.41. The third-order valence-corrected chi connectivity index (χ3v) is 2.20. The van der Waals surface area contributed by atoms with Crippen LogP contribution in [-0.2, 0) is 0 Å². The van der Waals surface area contributed by atoms with Gasteiger partial charge in [-0.25, -0.2) is 9.07 Å². The number of benzene rings is 1. The summed E-state index contributed by atoms with van der Waals surface area (Å²) < 4.78 is 14.7. The van der Waals surface area contributed by atoms with Gasteiger partial charge in [0.25, 0.3) is 0 Å². The van der Waals surface area contributed by atoms with Crippen LogP contribution in [0, 0.1) is 19.7 Å². The van der Waals surface area contributed by atoms with E-state index >= 15 is 0 Å². The number of nitrogens with zero attached hydrogens (tertiary/aromatic N) is 3. The van der Waals surface area contributed by atoms with Crippen molar-refractivity contribution in [2.45, 2.75) is 13.8 Å². The maximum absolute atomic E-state index is 13.2. The standard InChI is InChI=1S/C10H11FN4/c1-6-3-8(11)5-9(4-6)15-7(2)10(12)13-14-15/h3-5H,12H2,1-2H3. The van der Waals surface area contributed by atoms with E-state index in [4.69, 9.17) is 5.73 Å². The van der Waals surface area contributed by atoms with Crippen molar-refractivity contribution in [3.8, 4) is 5.69 Å². The second kappa shape index (κ2) is 3.34. The molecule has 1 heterocycles. The van der Waals surface area contributed by atoms with Gasteiger partial charge in [-0.2, -0.15) is 0 Å².